The molecule has 9 heteroatoms. The van der Waals surface area contributed by atoms with Crippen molar-refractivity contribution in [2.24, 2.45) is 0 Å². The van der Waals surface area contributed by atoms with Crippen LogP contribution in [0, 0.1) is 6.92 Å². The maximum absolute atomic E-state index is 13.8. The van der Waals surface area contributed by atoms with Crippen LogP contribution in [-0.4, -0.2) is 39.9 Å². The second kappa shape index (κ2) is 12.4. The van der Waals surface area contributed by atoms with Gasteiger partial charge in [-0.2, -0.15) is 4.98 Å². The van der Waals surface area contributed by atoms with Crippen molar-refractivity contribution in [3.8, 4) is 11.1 Å². The van der Waals surface area contributed by atoms with Crippen molar-refractivity contribution in [1.82, 2.24) is 19.9 Å². The molecular formula is C34H31F2N5OS. The lowest BCUT2D eigenvalue weighted by Crippen LogP contribution is -2.26. The first kappa shape index (κ1) is 28.6. The maximum Gasteiger partial charge on any atom is 0.260 e. The van der Waals surface area contributed by atoms with Crippen LogP contribution >= 0.6 is 10.5 Å². The van der Waals surface area contributed by atoms with Crippen molar-refractivity contribution in [2.45, 2.75) is 36.1 Å². The van der Waals surface area contributed by atoms with Crippen molar-refractivity contribution in [2.75, 3.05) is 18.4 Å². The van der Waals surface area contributed by atoms with Gasteiger partial charge in [-0.3, -0.25) is 9.36 Å². The molecule has 6 nitrogen and oxygen atoms in total. The number of anilines is 2. The van der Waals surface area contributed by atoms with Crippen LogP contribution in [0.15, 0.2) is 106 Å². The normalized spacial score (nSPS) is 14.1. The number of pyridine rings is 1. The Kier molecular flexibility index (Phi) is 8.26. The van der Waals surface area contributed by atoms with E-state index in [0.29, 0.717) is 16.5 Å². The first-order valence-corrected chi connectivity index (χ1v) is 15.4. The number of alkyl halides is 2. The Labute approximate surface area is 251 Å². The van der Waals surface area contributed by atoms with E-state index in [-0.39, 0.29) is 11.6 Å². The van der Waals surface area contributed by atoms with Crippen molar-refractivity contribution in [3.05, 3.63) is 113 Å². The van der Waals surface area contributed by atoms with Crippen LogP contribution in [0.1, 0.15) is 17.5 Å². The smallest absolute Gasteiger partial charge is 0.260 e. The van der Waals surface area contributed by atoms with E-state index < -0.39 is 29.0 Å². The van der Waals surface area contributed by atoms with E-state index >= 15 is 0 Å². The molecule has 1 aliphatic rings. The van der Waals surface area contributed by atoms with Gasteiger partial charge >= 0.3 is 0 Å². The highest BCUT2D eigenvalue weighted by molar-refractivity contribution is 8.14. The molecule has 0 fully saturated rings. The Morgan fingerprint density at radius 3 is 2.51 bits per heavy atom. The van der Waals surface area contributed by atoms with Gasteiger partial charge in [0.15, 0.2) is 0 Å². The highest BCUT2D eigenvalue weighted by Crippen LogP contribution is 2.36. The van der Waals surface area contributed by atoms with E-state index in [1.54, 1.807) is 12.3 Å². The van der Waals surface area contributed by atoms with Gasteiger partial charge in [0, 0.05) is 39.2 Å². The number of nitrogens with zero attached hydrogens (tertiary/aromatic N) is 3. The molecule has 3 aromatic carbocycles. The van der Waals surface area contributed by atoms with E-state index in [0.717, 1.165) is 50.7 Å². The largest absolute Gasteiger partial charge is 0.324 e. The third kappa shape index (κ3) is 6.18. The second-order valence-corrected chi connectivity index (χ2v) is 12.1. The summed E-state index contributed by atoms with van der Waals surface area (Å²) in [7, 11) is -0.399. The molecule has 1 aliphatic heterocycles. The van der Waals surface area contributed by atoms with Gasteiger partial charge in [-0.1, -0.05) is 48.3 Å². The highest BCUT2D eigenvalue weighted by atomic mass is 32.2. The molecule has 0 saturated heterocycles. The van der Waals surface area contributed by atoms with E-state index in [1.807, 2.05) is 79.7 Å². The van der Waals surface area contributed by atoms with Crippen LogP contribution < -0.4 is 16.2 Å². The van der Waals surface area contributed by atoms with Gasteiger partial charge in [0.05, 0.1) is 6.54 Å². The number of hydrogen-bond acceptors (Lipinski definition) is 5. The van der Waals surface area contributed by atoms with E-state index in [2.05, 4.69) is 32.5 Å². The zero-order chi connectivity index (χ0) is 29.9. The number of aryl methyl sites for hydroxylation is 1. The Hall–Kier alpha value is -4.47. The molecule has 2 N–H and O–H groups in total. The Morgan fingerprint density at radius 2 is 1.81 bits per heavy atom. The van der Waals surface area contributed by atoms with E-state index in [4.69, 9.17) is 0 Å². The third-order valence-electron chi connectivity index (χ3n) is 7.52. The number of hydrogen-bond donors (Lipinski definition) is 2. The zero-order valence-corrected chi connectivity index (χ0v) is 24.5. The van der Waals surface area contributed by atoms with Gasteiger partial charge < -0.3 is 10.6 Å². The SMILES string of the molecule is C=S(c1ccccc1)c1ccc(-c2cc3cnc(Nc4ccc(C5=CCNCC5)cc4)nc3n(CC(F)F)c2=O)c(C)c1. The van der Waals surface area contributed by atoms with Gasteiger partial charge in [0.25, 0.3) is 12.0 Å². The summed E-state index contributed by atoms with van der Waals surface area (Å²) in [4.78, 5) is 24.8. The van der Waals surface area contributed by atoms with Crippen molar-refractivity contribution in [3.63, 3.8) is 0 Å². The topological polar surface area (TPSA) is 71.8 Å². The molecule has 218 valence electrons. The van der Waals surface area contributed by atoms with Crippen LogP contribution in [0.5, 0.6) is 0 Å². The minimum atomic E-state index is -2.73. The lowest BCUT2D eigenvalue weighted by molar-refractivity contribution is 0.127. The standard InChI is InChI=1S/C34H31F2N5OS/c1-22-18-28(43(2)27-6-4-3-5-7-27)12-13-29(22)30-19-25-20-38-34(40-32(25)41(33(30)42)21-31(35)36)39-26-10-8-23(9-11-26)24-14-16-37-17-15-24/h3-14,18-20,31,37H,2,15-17,21H2,1H3,(H,38,39,40). The van der Waals surface area contributed by atoms with Gasteiger partial charge in [-0.05, 0) is 84.6 Å². The van der Waals surface area contributed by atoms with Gasteiger partial charge in [-0.15, -0.1) is 10.5 Å². The Bertz CT molecular complexity index is 1900. The number of benzene rings is 3. The summed E-state index contributed by atoms with van der Waals surface area (Å²) in [6.07, 6.45) is 1.99. The molecule has 0 radical (unpaired) electrons. The van der Waals surface area contributed by atoms with Crippen LogP contribution in [0.4, 0.5) is 20.4 Å². The Balaban J connectivity index is 1.34. The summed E-state index contributed by atoms with van der Waals surface area (Å²) in [6, 6.07) is 25.5. The lowest BCUT2D eigenvalue weighted by Gasteiger charge is -2.16. The van der Waals surface area contributed by atoms with Crippen molar-refractivity contribution in [1.29, 1.82) is 0 Å². The first-order valence-electron chi connectivity index (χ1n) is 14.0. The molecule has 1 unspecified atom stereocenters. The number of fused-ring (bicyclic) bond motifs is 1. The second-order valence-electron chi connectivity index (χ2n) is 10.4. The fourth-order valence-electron chi connectivity index (χ4n) is 5.31. The monoisotopic (exact) mass is 595 g/mol. The third-order valence-corrected chi connectivity index (χ3v) is 9.19. The molecule has 0 spiro atoms. The first-order chi connectivity index (χ1) is 20.9. The average molecular weight is 596 g/mol. The molecule has 6 rings (SSSR count). The molecule has 0 aliphatic carbocycles. The molecule has 0 bridgehead atoms. The molecule has 1 atom stereocenters. The Morgan fingerprint density at radius 1 is 1.02 bits per heavy atom. The minimum absolute atomic E-state index is 0.153. The molecule has 0 amide bonds. The average Bonchev–Trinajstić information content (AvgIpc) is 3.03. The number of nitrogens with one attached hydrogen (secondary N) is 2. The fraction of sp³-hybridized carbons (Fsp3) is 0.176. The minimum Gasteiger partial charge on any atom is -0.324 e. The fourth-order valence-corrected chi connectivity index (χ4v) is 6.62. The highest BCUT2D eigenvalue weighted by Gasteiger charge is 2.18. The molecule has 3 heterocycles. The predicted octanol–water partition coefficient (Wildman–Crippen LogP) is 7.27. The lowest BCUT2D eigenvalue weighted by atomic mass is 10.0. The van der Waals surface area contributed by atoms with Crippen LogP contribution in [0.2, 0.25) is 0 Å². The predicted molar refractivity (Wildman–Crippen MR) is 173 cm³/mol. The summed E-state index contributed by atoms with van der Waals surface area (Å²) >= 11 is 0. The van der Waals surface area contributed by atoms with Gasteiger partial charge in [0.1, 0.15) is 5.65 Å². The number of rotatable bonds is 8. The molecule has 5 aromatic rings. The summed E-state index contributed by atoms with van der Waals surface area (Å²) in [6.45, 7) is 2.96. The van der Waals surface area contributed by atoms with Gasteiger partial charge in [-0.25, -0.2) is 13.8 Å². The molecule has 0 saturated carbocycles. The van der Waals surface area contributed by atoms with E-state index in [1.165, 1.54) is 5.57 Å². The molecular weight excluding hydrogens is 564 g/mol. The number of aromatic nitrogens is 3. The van der Waals surface area contributed by atoms with Crippen molar-refractivity contribution >= 4 is 44.6 Å². The number of halogens is 2. The summed E-state index contributed by atoms with van der Waals surface area (Å²) < 4.78 is 28.6. The molecule has 2 aromatic heterocycles. The van der Waals surface area contributed by atoms with Crippen molar-refractivity contribution < 1.29 is 8.78 Å². The quantitative estimate of drug-likeness (QED) is 0.185. The summed E-state index contributed by atoms with van der Waals surface area (Å²) in [5.74, 6) is 4.57. The van der Waals surface area contributed by atoms with E-state index in [9.17, 15) is 13.6 Å². The van der Waals surface area contributed by atoms with Crippen LogP contribution in [0.3, 0.4) is 0 Å². The summed E-state index contributed by atoms with van der Waals surface area (Å²) in [5.41, 5.74) is 4.70. The maximum atomic E-state index is 13.8. The zero-order valence-electron chi connectivity index (χ0n) is 23.7. The summed E-state index contributed by atoms with van der Waals surface area (Å²) in [5, 5.41) is 6.96. The van der Waals surface area contributed by atoms with Crippen LogP contribution in [-0.2, 0) is 6.54 Å². The van der Waals surface area contributed by atoms with Crippen LogP contribution in [0.25, 0.3) is 27.7 Å². The van der Waals surface area contributed by atoms with Gasteiger partial charge in [0.2, 0.25) is 5.95 Å². The molecule has 43 heavy (non-hydrogen) atoms.